The number of thioether (sulfide) groups is 1. The zero-order valence-corrected chi connectivity index (χ0v) is 13.8. The van der Waals surface area contributed by atoms with Crippen molar-refractivity contribution in [2.45, 2.75) is 34.6 Å². The highest BCUT2D eigenvalue weighted by molar-refractivity contribution is 8.23. The van der Waals surface area contributed by atoms with Gasteiger partial charge in [-0.2, -0.15) is 0 Å². The van der Waals surface area contributed by atoms with Gasteiger partial charge in [-0.05, 0) is 19.9 Å². The third-order valence-corrected chi connectivity index (χ3v) is 3.90. The van der Waals surface area contributed by atoms with Crippen LogP contribution in [0, 0.1) is 5.41 Å². The van der Waals surface area contributed by atoms with Gasteiger partial charge in [-0.25, -0.2) is 0 Å². The molecule has 0 aliphatic rings. The van der Waals surface area contributed by atoms with Gasteiger partial charge in [0.05, 0.1) is 6.26 Å². The molecular formula is C14H25NOS2. The minimum absolute atomic E-state index is 0.00836. The lowest BCUT2D eigenvalue weighted by Gasteiger charge is -2.22. The summed E-state index contributed by atoms with van der Waals surface area (Å²) in [5, 5.41) is 0. The van der Waals surface area contributed by atoms with Crippen molar-refractivity contribution in [3.63, 3.8) is 0 Å². The first kappa shape index (κ1) is 17.5. The van der Waals surface area contributed by atoms with Crippen LogP contribution in [0.1, 0.15) is 34.6 Å². The lowest BCUT2D eigenvalue weighted by molar-refractivity contribution is 0.246. The molecule has 0 radical (unpaired) electrons. The topological polar surface area (TPSA) is 12.5 Å². The van der Waals surface area contributed by atoms with Gasteiger partial charge in [0.15, 0.2) is 0 Å². The van der Waals surface area contributed by atoms with E-state index in [1.165, 1.54) is 6.26 Å². The second kappa shape index (κ2) is 8.59. The fourth-order valence-electron chi connectivity index (χ4n) is 1.38. The van der Waals surface area contributed by atoms with E-state index in [0.717, 1.165) is 28.9 Å². The third-order valence-electron chi connectivity index (χ3n) is 2.45. The van der Waals surface area contributed by atoms with E-state index in [-0.39, 0.29) is 5.41 Å². The van der Waals surface area contributed by atoms with Crippen LogP contribution in [0.3, 0.4) is 0 Å². The van der Waals surface area contributed by atoms with Crippen molar-refractivity contribution in [1.29, 1.82) is 0 Å². The van der Waals surface area contributed by atoms with Gasteiger partial charge in [0.25, 0.3) is 0 Å². The van der Waals surface area contributed by atoms with Crippen molar-refractivity contribution in [2.75, 3.05) is 18.8 Å². The smallest absolute Gasteiger partial charge is 0.136 e. The summed E-state index contributed by atoms with van der Waals surface area (Å²) in [7, 11) is 0. The summed E-state index contributed by atoms with van der Waals surface area (Å²) in [6.07, 6.45) is 3.56. The van der Waals surface area contributed by atoms with Crippen LogP contribution in [0.2, 0.25) is 0 Å². The Bertz CT molecular complexity index is 301. The quantitative estimate of drug-likeness (QED) is 0.529. The van der Waals surface area contributed by atoms with E-state index in [1.807, 2.05) is 0 Å². The molecule has 0 aromatic heterocycles. The molecule has 0 spiro atoms. The summed E-state index contributed by atoms with van der Waals surface area (Å²) < 4.78 is 6.40. The molecule has 4 heteroatoms. The predicted octanol–water partition coefficient (Wildman–Crippen LogP) is 4.44. The highest BCUT2D eigenvalue weighted by Gasteiger charge is 2.18. The third kappa shape index (κ3) is 6.45. The summed E-state index contributed by atoms with van der Waals surface area (Å²) in [5.41, 5.74) is -0.00836. The van der Waals surface area contributed by atoms with Gasteiger partial charge >= 0.3 is 0 Å². The Morgan fingerprint density at radius 1 is 1.33 bits per heavy atom. The maximum Gasteiger partial charge on any atom is 0.136 e. The lowest BCUT2D eigenvalue weighted by Crippen LogP contribution is -2.26. The maximum atomic E-state index is 5.46. The second-order valence-electron chi connectivity index (χ2n) is 4.85. The van der Waals surface area contributed by atoms with Crippen molar-refractivity contribution in [3.8, 4) is 0 Å². The van der Waals surface area contributed by atoms with Gasteiger partial charge in [-0.15, -0.1) is 0 Å². The maximum absolute atomic E-state index is 5.46. The van der Waals surface area contributed by atoms with Crippen LogP contribution < -0.4 is 0 Å². The molecule has 18 heavy (non-hydrogen) atoms. The highest BCUT2D eigenvalue weighted by Crippen LogP contribution is 2.27. The molecule has 0 rings (SSSR count). The summed E-state index contributed by atoms with van der Waals surface area (Å²) in [6.45, 7) is 16.1. The number of nitrogens with zero attached hydrogens (tertiary/aromatic N) is 1. The molecule has 0 aromatic carbocycles. The lowest BCUT2D eigenvalue weighted by atomic mass is 9.94. The monoisotopic (exact) mass is 287 g/mol. The zero-order chi connectivity index (χ0) is 14.2. The van der Waals surface area contributed by atoms with E-state index in [0.29, 0.717) is 0 Å². The fourth-order valence-corrected chi connectivity index (χ4v) is 2.66. The van der Waals surface area contributed by atoms with Crippen LogP contribution in [0.5, 0.6) is 0 Å². The average molecular weight is 287 g/mol. The molecule has 0 amide bonds. The predicted molar refractivity (Wildman–Crippen MR) is 86.8 cm³/mol. The number of hydrogen-bond donors (Lipinski definition) is 0. The van der Waals surface area contributed by atoms with E-state index in [4.69, 9.17) is 17.0 Å². The first-order valence-corrected chi connectivity index (χ1v) is 7.66. The number of thiocarbonyl (C=S) groups is 1. The molecule has 2 nitrogen and oxygen atoms in total. The Balaban J connectivity index is 4.43. The van der Waals surface area contributed by atoms with Crippen molar-refractivity contribution < 1.29 is 4.74 Å². The second-order valence-corrected chi connectivity index (χ2v) is 6.51. The SMILES string of the molecule is C=COC(=CCSC(=S)N(CC)CC)C(C)(C)C. The van der Waals surface area contributed by atoms with Crippen LogP contribution in [-0.4, -0.2) is 28.1 Å². The molecule has 0 atom stereocenters. The van der Waals surface area contributed by atoms with Crippen molar-refractivity contribution in [2.24, 2.45) is 5.41 Å². The molecule has 0 saturated heterocycles. The number of rotatable bonds is 6. The van der Waals surface area contributed by atoms with Crippen molar-refractivity contribution >= 4 is 28.3 Å². The van der Waals surface area contributed by atoms with Crippen LogP contribution in [0.15, 0.2) is 24.7 Å². The molecule has 0 unspecified atom stereocenters. The van der Waals surface area contributed by atoms with E-state index >= 15 is 0 Å². The number of hydrogen-bond acceptors (Lipinski definition) is 3. The molecule has 0 heterocycles. The Morgan fingerprint density at radius 3 is 2.28 bits per heavy atom. The van der Waals surface area contributed by atoms with Crippen LogP contribution in [0.25, 0.3) is 0 Å². The van der Waals surface area contributed by atoms with Gasteiger partial charge in [-0.1, -0.05) is 51.3 Å². The van der Waals surface area contributed by atoms with Crippen LogP contribution >= 0.6 is 24.0 Å². The minimum atomic E-state index is -0.00836. The Labute approximate surface area is 121 Å². The molecular weight excluding hydrogens is 262 g/mol. The van der Waals surface area contributed by atoms with Gasteiger partial charge in [0.2, 0.25) is 0 Å². The van der Waals surface area contributed by atoms with E-state index < -0.39 is 0 Å². The molecule has 104 valence electrons. The zero-order valence-electron chi connectivity index (χ0n) is 12.2. The van der Waals surface area contributed by atoms with Gasteiger partial charge < -0.3 is 9.64 Å². The molecule has 0 aliphatic carbocycles. The van der Waals surface area contributed by atoms with Crippen LogP contribution in [0.4, 0.5) is 0 Å². The molecule has 0 fully saturated rings. The Morgan fingerprint density at radius 2 is 1.89 bits per heavy atom. The minimum Gasteiger partial charge on any atom is -0.470 e. The summed E-state index contributed by atoms with van der Waals surface area (Å²) in [4.78, 5) is 2.18. The first-order valence-electron chi connectivity index (χ1n) is 6.26. The van der Waals surface area contributed by atoms with E-state index in [2.05, 4.69) is 52.2 Å². The van der Waals surface area contributed by atoms with E-state index in [9.17, 15) is 0 Å². The van der Waals surface area contributed by atoms with Gasteiger partial charge in [0.1, 0.15) is 10.1 Å². The standard InChI is InChI=1S/C14H25NOS2/c1-7-15(8-2)13(17)18-11-10-12(16-9-3)14(4,5)6/h9-10H,3,7-8,11H2,1-2,4-6H3. The normalized spacial score (nSPS) is 12.2. The molecule has 0 bridgehead atoms. The largest absolute Gasteiger partial charge is 0.470 e. The first-order chi connectivity index (χ1) is 8.36. The van der Waals surface area contributed by atoms with Crippen LogP contribution in [-0.2, 0) is 4.74 Å². The van der Waals surface area contributed by atoms with Gasteiger partial charge in [0, 0.05) is 24.3 Å². The number of allylic oxidation sites excluding steroid dienone is 1. The highest BCUT2D eigenvalue weighted by atomic mass is 32.2. The van der Waals surface area contributed by atoms with E-state index in [1.54, 1.807) is 11.8 Å². The fraction of sp³-hybridized carbons (Fsp3) is 0.643. The molecule has 0 aromatic rings. The average Bonchev–Trinajstić information content (AvgIpc) is 2.28. The molecule has 0 N–H and O–H groups in total. The Hall–Kier alpha value is -0.480. The number of ether oxygens (including phenoxy) is 1. The van der Waals surface area contributed by atoms with Gasteiger partial charge in [-0.3, -0.25) is 0 Å². The van der Waals surface area contributed by atoms with Crippen molar-refractivity contribution in [1.82, 2.24) is 4.90 Å². The Kier molecular flexibility index (Phi) is 8.36. The van der Waals surface area contributed by atoms with Crippen molar-refractivity contribution in [3.05, 3.63) is 24.7 Å². The molecule has 0 saturated carbocycles. The summed E-state index contributed by atoms with van der Waals surface area (Å²) >= 11 is 7.05. The summed E-state index contributed by atoms with van der Waals surface area (Å²) in [5.74, 6) is 1.77. The summed E-state index contributed by atoms with van der Waals surface area (Å²) in [6, 6.07) is 0. The molecule has 0 aliphatic heterocycles.